The molecule has 2 aliphatic carbocycles. The van der Waals surface area contributed by atoms with Crippen LogP contribution in [-0.2, 0) is 6.42 Å². The average Bonchev–Trinajstić information content (AvgIpc) is 3.10. The van der Waals surface area contributed by atoms with Gasteiger partial charge < -0.3 is 0 Å². The molecule has 0 radical (unpaired) electrons. The van der Waals surface area contributed by atoms with Crippen molar-refractivity contribution in [2.24, 2.45) is 9.98 Å². The maximum Gasteiger partial charge on any atom is 0.0740 e. The van der Waals surface area contributed by atoms with Gasteiger partial charge in [-0.25, -0.2) is 0 Å². The molecule has 4 aromatic rings. The SMILES string of the molecule is CCCC1=Cc2ccc(C#Cc3ccc(N=C=S)cc3)cc2C(c2cc(C#Cc3ccc(N=C=S)cc3)cc3c2C=C(CC)CC3)C1. The molecule has 2 nitrogen and oxygen atoms in total. The average molecular weight is 643 g/mol. The van der Waals surface area contributed by atoms with Gasteiger partial charge in [0.2, 0.25) is 0 Å². The Kier molecular flexibility index (Phi) is 10.3. The molecule has 4 aromatic carbocycles. The first kappa shape index (κ1) is 32.0. The van der Waals surface area contributed by atoms with Gasteiger partial charge in [0.25, 0.3) is 0 Å². The van der Waals surface area contributed by atoms with Crippen LogP contribution in [0, 0.1) is 23.7 Å². The zero-order valence-corrected chi connectivity index (χ0v) is 28.3. The highest BCUT2D eigenvalue weighted by atomic mass is 32.1. The van der Waals surface area contributed by atoms with Gasteiger partial charge in [0.15, 0.2) is 0 Å². The fraction of sp³-hybridized carbons (Fsp3) is 0.209. The molecule has 4 heteroatoms. The van der Waals surface area contributed by atoms with Gasteiger partial charge in [-0.15, -0.1) is 0 Å². The smallest absolute Gasteiger partial charge is 0.0740 e. The van der Waals surface area contributed by atoms with Crippen LogP contribution >= 0.6 is 24.4 Å². The molecule has 0 amide bonds. The highest BCUT2D eigenvalue weighted by molar-refractivity contribution is 7.78. The first-order valence-corrected chi connectivity index (χ1v) is 17.0. The van der Waals surface area contributed by atoms with Crippen LogP contribution in [0.15, 0.2) is 100.0 Å². The maximum atomic E-state index is 4.74. The van der Waals surface area contributed by atoms with Crippen molar-refractivity contribution in [3.05, 3.63) is 140 Å². The number of aryl methyl sites for hydroxylation is 1. The van der Waals surface area contributed by atoms with E-state index >= 15 is 0 Å². The summed E-state index contributed by atoms with van der Waals surface area (Å²) in [5.41, 5.74) is 15.3. The van der Waals surface area contributed by atoms with Crippen LogP contribution in [0.4, 0.5) is 11.4 Å². The van der Waals surface area contributed by atoms with Gasteiger partial charge in [-0.3, -0.25) is 0 Å². The number of aliphatic imine (C=N–C) groups is 2. The number of thiocarbonyl (C=S) groups is 2. The summed E-state index contributed by atoms with van der Waals surface area (Å²) in [6.45, 7) is 4.53. The van der Waals surface area contributed by atoms with Crippen molar-refractivity contribution in [1.82, 2.24) is 0 Å². The molecule has 0 fully saturated rings. The van der Waals surface area contributed by atoms with Crippen molar-refractivity contribution in [1.29, 1.82) is 0 Å². The van der Waals surface area contributed by atoms with Crippen molar-refractivity contribution in [3.63, 3.8) is 0 Å². The van der Waals surface area contributed by atoms with Crippen LogP contribution in [0.5, 0.6) is 0 Å². The minimum atomic E-state index is 0.222. The van der Waals surface area contributed by atoms with Crippen LogP contribution in [-0.4, -0.2) is 10.3 Å². The molecule has 6 rings (SSSR count). The first-order chi connectivity index (χ1) is 23.1. The third-order valence-corrected chi connectivity index (χ3v) is 9.02. The largest absolute Gasteiger partial charge is 0.195 e. The second-order valence-electron chi connectivity index (χ2n) is 11.9. The molecule has 1 atom stereocenters. The van der Waals surface area contributed by atoms with Gasteiger partial charge in [-0.2, -0.15) is 9.98 Å². The van der Waals surface area contributed by atoms with E-state index in [1.165, 1.54) is 39.0 Å². The van der Waals surface area contributed by atoms with E-state index in [9.17, 15) is 0 Å². The third kappa shape index (κ3) is 7.73. The summed E-state index contributed by atoms with van der Waals surface area (Å²) in [6, 6.07) is 26.9. The van der Waals surface area contributed by atoms with E-state index in [2.05, 4.69) is 100 Å². The van der Waals surface area contributed by atoms with Crippen molar-refractivity contribution in [3.8, 4) is 23.7 Å². The molecule has 0 spiro atoms. The molecule has 0 bridgehead atoms. The molecule has 0 N–H and O–H groups in total. The van der Waals surface area contributed by atoms with E-state index in [4.69, 9.17) is 24.4 Å². The Hall–Kier alpha value is -4.92. The molecule has 0 heterocycles. The van der Waals surface area contributed by atoms with E-state index in [0.717, 1.165) is 72.2 Å². The van der Waals surface area contributed by atoms with Gasteiger partial charge in [0.05, 0.1) is 21.7 Å². The number of hydrogen-bond acceptors (Lipinski definition) is 4. The molecule has 228 valence electrons. The molecule has 0 aliphatic heterocycles. The van der Waals surface area contributed by atoms with Crippen molar-refractivity contribution in [2.45, 2.75) is 58.3 Å². The Labute approximate surface area is 289 Å². The summed E-state index contributed by atoms with van der Waals surface area (Å²) in [6.07, 6.45) is 11.3. The van der Waals surface area contributed by atoms with Gasteiger partial charge in [0.1, 0.15) is 0 Å². The lowest BCUT2D eigenvalue weighted by atomic mass is 9.74. The van der Waals surface area contributed by atoms with Crippen LogP contribution in [0.3, 0.4) is 0 Å². The van der Waals surface area contributed by atoms with Crippen LogP contribution in [0.1, 0.15) is 102 Å². The van der Waals surface area contributed by atoms with E-state index < -0.39 is 0 Å². The zero-order chi connectivity index (χ0) is 32.6. The Morgan fingerprint density at radius 1 is 0.638 bits per heavy atom. The van der Waals surface area contributed by atoms with Gasteiger partial charge in [0, 0.05) is 28.2 Å². The van der Waals surface area contributed by atoms with Crippen molar-refractivity contribution >= 4 is 58.3 Å². The zero-order valence-electron chi connectivity index (χ0n) is 26.7. The lowest BCUT2D eigenvalue weighted by Crippen LogP contribution is -2.14. The second kappa shape index (κ2) is 15.1. The lowest BCUT2D eigenvalue weighted by molar-refractivity contribution is 0.731. The summed E-state index contributed by atoms with van der Waals surface area (Å²) in [7, 11) is 0. The van der Waals surface area contributed by atoms with Crippen LogP contribution in [0.2, 0.25) is 0 Å². The van der Waals surface area contributed by atoms with Crippen molar-refractivity contribution < 1.29 is 0 Å². The van der Waals surface area contributed by atoms with Gasteiger partial charge in [-0.1, -0.05) is 73.3 Å². The van der Waals surface area contributed by atoms with Crippen LogP contribution < -0.4 is 0 Å². The van der Waals surface area contributed by atoms with E-state index in [1.54, 1.807) is 0 Å². The van der Waals surface area contributed by atoms with E-state index in [1.807, 2.05) is 48.5 Å². The van der Waals surface area contributed by atoms with Crippen LogP contribution in [0.25, 0.3) is 12.2 Å². The maximum absolute atomic E-state index is 4.74. The van der Waals surface area contributed by atoms with Gasteiger partial charge in [-0.05, 0) is 157 Å². The highest BCUT2D eigenvalue weighted by Gasteiger charge is 2.27. The summed E-state index contributed by atoms with van der Waals surface area (Å²) in [5, 5.41) is 4.84. The molecule has 47 heavy (non-hydrogen) atoms. The number of allylic oxidation sites excluding steroid dienone is 2. The minimum Gasteiger partial charge on any atom is -0.195 e. The Balaban J connectivity index is 1.43. The lowest BCUT2D eigenvalue weighted by Gasteiger charge is -2.30. The minimum absolute atomic E-state index is 0.222. The predicted octanol–water partition coefficient (Wildman–Crippen LogP) is 11.4. The molecule has 1 unspecified atom stereocenters. The fourth-order valence-corrected chi connectivity index (χ4v) is 6.68. The fourth-order valence-electron chi connectivity index (χ4n) is 6.47. The van der Waals surface area contributed by atoms with E-state index in [-0.39, 0.29) is 5.92 Å². The summed E-state index contributed by atoms with van der Waals surface area (Å²) >= 11 is 9.47. The Morgan fingerprint density at radius 2 is 1.23 bits per heavy atom. The summed E-state index contributed by atoms with van der Waals surface area (Å²) < 4.78 is 0. The third-order valence-electron chi connectivity index (χ3n) is 8.84. The number of rotatable bonds is 6. The predicted molar refractivity (Wildman–Crippen MR) is 203 cm³/mol. The molecule has 0 aromatic heterocycles. The summed E-state index contributed by atoms with van der Waals surface area (Å²) in [4.78, 5) is 8.10. The monoisotopic (exact) mass is 642 g/mol. The first-order valence-electron chi connectivity index (χ1n) is 16.2. The number of hydrogen-bond donors (Lipinski definition) is 0. The molecule has 2 aliphatic rings. The normalized spacial score (nSPS) is 14.3. The quantitative estimate of drug-likeness (QED) is 0.119. The highest BCUT2D eigenvalue weighted by Crippen LogP contribution is 2.44. The number of fused-ring (bicyclic) bond motifs is 2. The molecular weight excluding hydrogens is 609 g/mol. The Bertz CT molecular complexity index is 2110. The summed E-state index contributed by atoms with van der Waals surface area (Å²) in [5.74, 6) is 13.9. The number of isothiocyanates is 2. The molecule has 0 saturated heterocycles. The number of nitrogens with zero attached hydrogens (tertiary/aromatic N) is 2. The van der Waals surface area contributed by atoms with Gasteiger partial charge >= 0.3 is 0 Å². The molecular formula is C43H34N2S2. The molecule has 0 saturated carbocycles. The van der Waals surface area contributed by atoms with E-state index in [0.29, 0.717) is 0 Å². The second-order valence-corrected chi connectivity index (χ2v) is 12.3. The Morgan fingerprint density at radius 3 is 1.85 bits per heavy atom. The standard InChI is InChI=1S/C43H34N2S2/c1-3-5-34-22-37-17-11-33(8-6-31-12-18-38(19-13-31)44-28-46)25-41(37)42(26-34)43-27-35(23-36-16-10-30(4-2)24-40(36)43)9-7-32-14-20-39(21-15-32)45-29-47/h11-15,17-25,27,42H,3-5,10,16,26H2,1-2H3. The number of benzene rings is 4. The van der Waals surface area contributed by atoms with Crippen molar-refractivity contribution in [2.75, 3.05) is 0 Å². The topological polar surface area (TPSA) is 24.7 Å².